The Morgan fingerprint density at radius 3 is 2.73 bits per heavy atom. The van der Waals surface area contributed by atoms with E-state index in [2.05, 4.69) is 53.6 Å². The molecular formula is C18H18N2OS. The number of benzene rings is 2. The number of nitrogens with zero attached hydrogens (tertiary/aromatic N) is 1. The molecule has 1 heterocycles. The Morgan fingerprint density at radius 2 is 1.95 bits per heavy atom. The Balaban J connectivity index is 1.57. The lowest BCUT2D eigenvalue weighted by atomic mass is 10.2. The number of aromatic nitrogens is 1. The third-order valence-corrected chi connectivity index (χ3v) is 4.03. The van der Waals surface area contributed by atoms with Crippen LogP contribution in [0, 0.1) is 6.92 Å². The third kappa shape index (κ3) is 4.09. The van der Waals surface area contributed by atoms with Crippen molar-refractivity contribution in [2.24, 2.45) is 0 Å². The van der Waals surface area contributed by atoms with Crippen LogP contribution in [-0.2, 0) is 13.2 Å². The summed E-state index contributed by atoms with van der Waals surface area (Å²) < 4.78 is 5.87. The number of rotatable bonds is 6. The van der Waals surface area contributed by atoms with Gasteiger partial charge in [0.15, 0.2) is 5.13 Å². The SMILES string of the molecule is Cc1ccc(COc2cccc(CNc3nccs3)c2)cc1. The van der Waals surface area contributed by atoms with Gasteiger partial charge < -0.3 is 10.1 Å². The molecule has 3 nitrogen and oxygen atoms in total. The van der Waals surface area contributed by atoms with Gasteiger partial charge in [0, 0.05) is 18.1 Å². The van der Waals surface area contributed by atoms with E-state index in [0.717, 1.165) is 17.4 Å². The summed E-state index contributed by atoms with van der Waals surface area (Å²) in [6.07, 6.45) is 1.80. The second-order valence-corrected chi connectivity index (χ2v) is 6.01. The summed E-state index contributed by atoms with van der Waals surface area (Å²) in [7, 11) is 0. The standard InChI is InChI=1S/C18H18N2OS/c1-14-5-7-15(8-6-14)13-21-17-4-2-3-16(11-17)12-20-18-19-9-10-22-18/h2-11H,12-13H2,1H3,(H,19,20). The maximum Gasteiger partial charge on any atom is 0.182 e. The molecule has 3 rings (SSSR count). The summed E-state index contributed by atoms with van der Waals surface area (Å²) in [5, 5.41) is 6.20. The third-order valence-electron chi connectivity index (χ3n) is 3.30. The Hall–Kier alpha value is -2.33. The molecule has 1 N–H and O–H groups in total. The predicted molar refractivity (Wildman–Crippen MR) is 91.4 cm³/mol. The second kappa shape index (κ2) is 7.09. The van der Waals surface area contributed by atoms with Crippen LogP contribution in [0.4, 0.5) is 5.13 Å². The van der Waals surface area contributed by atoms with Gasteiger partial charge in [0.05, 0.1) is 0 Å². The minimum absolute atomic E-state index is 0.587. The fraction of sp³-hybridized carbons (Fsp3) is 0.167. The Bertz CT molecular complexity index is 708. The highest BCUT2D eigenvalue weighted by Gasteiger charge is 2.00. The Labute approximate surface area is 134 Å². The Morgan fingerprint density at radius 1 is 1.09 bits per heavy atom. The number of aryl methyl sites for hydroxylation is 1. The van der Waals surface area contributed by atoms with E-state index in [-0.39, 0.29) is 0 Å². The zero-order valence-electron chi connectivity index (χ0n) is 12.5. The van der Waals surface area contributed by atoms with Gasteiger partial charge in [0.1, 0.15) is 12.4 Å². The topological polar surface area (TPSA) is 34.1 Å². The van der Waals surface area contributed by atoms with Crippen LogP contribution in [0.5, 0.6) is 5.75 Å². The summed E-state index contributed by atoms with van der Waals surface area (Å²) in [4.78, 5) is 4.21. The zero-order chi connectivity index (χ0) is 15.2. The first-order valence-electron chi connectivity index (χ1n) is 7.20. The highest BCUT2D eigenvalue weighted by molar-refractivity contribution is 7.13. The summed E-state index contributed by atoms with van der Waals surface area (Å²) in [5.74, 6) is 0.888. The highest BCUT2D eigenvalue weighted by atomic mass is 32.1. The van der Waals surface area contributed by atoms with E-state index in [0.29, 0.717) is 6.61 Å². The number of hydrogen-bond donors (Lipinski definition) is 1. The van der Waals surface area contributed by atoms with E-state index < -0.39 is 0 Å². The lowest BCUT2D eigenvalue weighted by Gasteiger charge is -2.09. The highest BCUT2D eigenvalue weighted by Crippen LogP contribution is 2.17. The lowest BCUT2D eigenvalue weighted by molar-refractivity contribution is 0.306. The van der Waals surface area contributed by atoms with Crippen molar-refractivity contribution in [3.05, 3.63) is 76.8 Å². The molecule has 0 aliphatic heterocycles. The molecule has 1 aromatic heterocycles. The summed E-state index contributed by atoms with van der Waals surface area (Å²) in [6.45, 7) is 3.42. The van der Waals surface area contributed by atoms with Gasteiger partial charge >= 0.3 is 0 Å². The van der Waals surface area contributed by atoms with E-state index >= 15 is 0 Å². The molecular weight excluding hydrogens is 292 g/mol. The molecule has 0 radical (unpaired) electrons. The average Bonchev–Trinajstić information content (AvgIpc) is 3.06. The lowest BCUT2D eigenvalue weighted by Crippen LogP contribution is -2.00. The Kier molecular flexibility index (Phi) is 4.71. The van der Waals surface area contributed by atoms with Crippen LogP contribution in [0.1, 0.15) is 16.7 Å². The van der Waals surface area contributed by atoms with Crippen molar-refractivity contribution in [2.45, 2.75) is 20.1 Å². The van der Waals surface area contributed by atoms with Crippen LogP contribution >= 0.6 is 11.3 Å². The number of nitrogens with one attached hydrogen (secondary N) is 1. The van der Waals surface area contributed by atoms with Crippen molar-refractivity contribution < 1.29 is 4.74 Å². The molecule has 0 atom stereocenters. The molecule has 4 heteroatoms. The van der Waals surface area contributed by atoms with Crippen LogP contribution in [-0.4, -0.2) is 4.98 Å². The van der Waals surface area contributed by atoms with E-state index in [1.807, 2.05) is 17.5 Å². The van der Waals surface area contributed by atoms with Crippen LogP contribution in [0.15, 0.2) is 60.1 Å². The summed E-state index contributed by atoms with van der Waals surface area (Å²) in [6, 6.07) is 16.6. The molecule has 0 aliphatic carbocycles. The second-order valence-electron chi connectivity index (χ2n) is 5.11. The molecule has 0 spiro atoms. The molecule has 0 amide bonds. The van der Waals surface area contributed by atoms with Gasteiger partial charge in [-0.3, -0.25) is 0 Å². The first-order chi connectivity index (χ1) is 10.8. The number of thiazole rings is 1. The minimum atomic E-state index is 0.587. The van der Waals surface area contributed by atoms with E-state index in [9.17, 15) is 0 Å². The summed E-state index contributed by atoms with van der Waals surface area (Å²) in [5.41, 5.74) is 3.62. The van der Waals surface area contributed by atoms with Gasteiger partial charge in [-0.25, -0.2) is 4.98 Å². The molecule has 0 saturated heterocycles. The molecule has 22 heavy (non-hydrogen) atoms. The molecule has 3 aromatic rings. The van der Waals surface area contributed by atoms with Gasteiger partial charge in [-0.2, -0.15) is 0 Å². The number of ether oxygens (including phenoxy) is 1. The van der Waals surface area contributed by atoms with Gasteiger partial charge in [0.2, 0.25) is 0 Å². The van der Waals surface area contributed by atoms with Gasteiger partial charge in [-0.1, -0.05) is 42.0 Å². The normalized spacial score (nSPS) is 10.4. The predicted octanol–water partition coefficient (Wildman–Crippen LogP) is 4.64. The molecule has 0 fully saturated rings. The van der Waals surface area contributed by atoms with Crippen LogP contribution in [0.2, 0.25) is 0 Å². The quantitative estimate of drug-likeness (QED) is 0.720. The van der Waals surface area contributed by atoms with E-state index in [4.69, 9.17) is 4.74 Å². The first kappa shape index (κ1) is 14.6. The fourth-order valence-electron chi connectivity index (χ4n) is 2.08. The van der Waals surface area contributed by atoms with E-state index in [1.165, 1.54) is 16.7 Å². The van der Waals surface area contributed by atoms with Crippen LogP contribution in [0.25, 0.3) is 0 Å². The number of anilines is 1. The zero-order valence-corrected chi connectivity index (χ0v) is 13.3. The van der Waals surface area contributed by atoms with Crippen molar-refractivity contribution in [1.82, 2.24) is 4.98 Å². The molecule has 0 aliphatic rings. The molecule has 0 unspecified atom stereocenters. The molecule has 0 bridgehead atoms. The van der Waals surface area contributed by atoms with Gasteiger partial charge in [-0.05, 0) is 30.2 Å². The average molecular weight is 310 g/mol. The smallest absolute Gasteiger partial charge is 0.182 e. The van der Waals surface area contributed by atoms with Gasteiger partial charge in [-0.15, -0.1) is 11.3 Å². The first-order valence-corrected chi connectivity index (χ1v) is 8.08. The molecule has 2 aromatic carbocycles. The van der Waals surface area contributed by atoms with Crippen molar-refractivity contribution in [2.75, 3.05) is 5.32 Å². The van der Waals surface area contributed by atoms with Crippen molar-refractivity contribution in [3.63, 3.8) is 0 Å². The molecule has 0 saturated carbocycles. The summed E-state index contributed by atoms with van der Waals surface area (Å²) >= 11 is 1.60. The minimum Gasteiger partial charge on any atom is -0.489 e. The number of hydrogen-bond acceptors (Lipinski definition) is 4. The monoisotopic (exact) mass is 310 g/mol. The van der Waals surface area contributed by atoms with Crippen LogP contribution < -0.4 is 10.1 Å². The van der Waals surface area contributed by atoms with E-state index in [1.54, 1.807) is 17.5 Å². The fourth-order valence-corrected chi connectivity index (χ4v) is 2.61. The van der Waals surface area contributed by atoms with Crippen molar-refractivity contribution in [3.8, 4) is 5.75 Å². The van der Waals surface area contributed by atoms with Crippen LogP contribution in [0.3, 0.4) is 0 Å². The maximum atomic E-state index is 5.87. The largest absolute Gasteiger partial charge is 0.489 e. The van der Waals surface area contributed by atoms with Gasteiger partial charge in [0.25, 0.3) is 0 Å². The maximum absolute atomic E-state index is 5.87. The molecule has 112 valence electrons. The van der Waals surface area contributed by atoms with Crippen molar-refractivity contribution >= 4 is 16.5 Å². The van der Waals surface area contributed by atoms with Crippen molar-refractivity contribution in [1.29, 1.82) is 0 Å².